The summed E-state index contributed by atoms with van der Waals surface area (Å²) in [5.41, 5.74) is 8.94. The highest BCUT2D eigenvalue weighted by atomic mass is 16.5. The zero-order valence-electron chi connectivity index (χ0n) is 15.2. The van der Waals surface area contributed by atoms with Gasteiger partial charge in [-0.1, -0.05) is 6.07 Å². The number of carbonyl (C=O) groups is 3. The highest BCUT2D eigenvalue weighted by Gasteiger charge is 2.20. The van der Waals surface area contributed by atoms with Crippen LogP contribution in [0.5, 0.6) is 0 Å². The summed E-state index contributed by atoms with van der Waals surface area (Å²) in [6.45, 7) is 1.52. The molecule has 1 aliphatic carbocycles. The summed E-state index contributed by atoms with van der Waals surface area (Å²) in [4.78, 5) is 35.7. The predicted octanol–water partition coefficient (Wildman–Crippen LogP) is 2.85. The van der Waals surface area contributed by atoms with Crippen LogP contribution in [0.4, 0.5) is 5.69 Å². The van der Waals surface area contributed by atoms with E-state index < -0.39 is 23.9 Å². The van der Waals surface area contributed by atoms with Crippen LogP contribution in [0.1, 0.15) is 51.6 Å². The average molecular weight is 366 g/mol. The van der Waals surface area contributed by atoms with Crippen molar-refractivity contribution in [2.24, 2.45) is 5.73 Å². The number of fused-ring (bicyclic) bond motifs is 1. The van der Waals surface area contributed by atoms with Gasteiger partial charge in [-0.3, -0.25) is 9.59 Å². The second-order valence-corrected chi connectivity index (χ2v) is 6.67. The molecule has 2 aromatic rings. The number of anilines is 1. The highest BCUT2D eigenvalue weighted by molar-refractivity contribution is 5.98. The number of aryl methyl sites for hydroxylation is 2. The van der Waals surface area contributed by atoms with E-state index in [0.29, 0.717) is 16.8 Å². The molecule has 0 spiro atoms. The van der Waals surface area contributed by atoms with Crippen molar-refractivity contribution in [1.29, 1.82) is 0 Å². The first-order chi connectivity index (χ1) is 12.9. The lowest BCUT2D eigenvalue weighted by molar-refractivity contribution is -0.123. The number of hydrogen-bond acceptors (Lipinski definition) is 4. The minimum atomic E-state index is -0.954. The standard InChI is InChI=1S/C21H22N2O4/c1-13(20(25)23-18-10-8-15(9-11-18)19(22)24)27-21(26)17-7-6-14-4-2-3-5-16(14)12-17/h6-13H,2-5H2,1H3,(H2,22,24)(H,23,25). The molecule has 0 aromatic heterocycles. The Kier molecular flexibility index (Phi) is 5.54. The van der Waals surface area contributed by atoms with Gasteiger partial charge < -0.3 is 15.8 Å². The molecule has 1 atom stereocenters. The van der Waals surface area contributed by atoms with Crippen molar-refractivity contribution in [2.45, 2.75) is 38.7 Å². The molecule has 1 aliphatic rings. The van der Waals surface area contributed by atoms with Gasteiger partial charge in [-0.05, 0) is 80.1 Å². The molecule has 27 heavy (non-hydrogen) atoms. The Labute approximate surface area is 157 Å². The van der Waals surface area contributed by atoms with E-state index in [1.807, 2.05) is 12.1 Å². The zero-order valence-corrected chi connectivity index (χ0v) is 15.2. The topological polar surface area (TPSA) is 98.5 Å². The van der Waals surface area contributed by atoms with E-state index in [-0.39, 0.29) is 0 Å². The maximum atomic E-state index is 12.4. The summed E-state index contributed by atoms with van der Waals surface area (Å²) < 4.78 is 5.30. The molecule has 0 bridgehead atoms. The average Bonchev–Trinajstić information content (AvgIpc) is 2.67. The maximum absolute atomic E-state index is 12.4. The van der Waals surface area contributed by atoms with Crippen LogP contribution in [0.15, 0.2) is 42.5 Å². The Hall–Kier alpha value is -3.15. The molecule has 0 heterocycles. The molecule has 6 heteroatoms. The van der Waals surface area contributed by atoms with Crippen molar-refractivity contribution in [1.82, 2.24) is 0 Å². The van der Waals surface area contributed by atoms with Gasteiger partial charge in [-0.25, -0.2) is 4.79 Å². The van der Waals surface area contributed by atoms with Crippen LogP contribution in [0.2, 0.25) is 0 Å². The van der Waals surface area contributed by atoms with Gasteiger partial charge in [-0.15, -0.1) is 0 Å². The monoisotopic (exact) mass is 366 g/mol. The van der Waals surface area contributed by atoms with Crippen LogP contribution in [0.25, 0.3) is 0 Å². The Bertz CT molecular complexity index is 874. The van der Waals surface area contributed by atoms with Crippen LogP contribution in [-0.2, 0) is 22.4 Å². The third-order valence-corrected chi connectivity index (χ3v) is 4.67. The zero-order chi connectivity index (χ0) is 19.4. The van der Waals surface area contributed by atoms with E-state index in [2.05, 4.69) is 5.32 Å². The molecule has 1 unspecified atom stereocenters. The van der Waals surface area contributed by atoms with E-state index in [1.165, 1.54) is 36.6 Å². The fourth-order valence-corrected chi connectivity index (χ4v) is 3.10. The summed E-state index contributed by atoms with van der Waals surface area (Å²) in [6.07, 6.45) is 3.35. The number of benzene rings is 2. The van der Waals surface area contributed by atoms with Gasteiger partial charge >= 0.3 is 5.97 Å². The van der Waals surface area contributed by atoms with Crippen LogP contribution in [0, 0.1) is 0 Å². The molecule has 2 aromatic carbocycles. The number of esters is 1. The van der Waals surface area contributed by atoms with Gasteiger partial charge in [0.2, 0.25) is 5.91 Å². The van der Waals surface area contributed by atoms with Crippen LogP contribution >= 0.6 is 0 Å². The molecule has 0 saturated carbocycles. The molecule has 0 fully saturated rings. The van der Waals surface area contributed by atoms with Gasteiger partial charge in [0.25, 0.3) is 5.91 Å². The third-order valence-electron chi connectivity index (χ3n) is 4.67. The SMILES string of the molecule is CC(OC(=O)c1ccc2c(c1)CCCC2)C(=O)Nc1ccc(C(N)=O)cc1. The molecular weight excluding hydrogens is 344 g/mol. The number of hydrogen-bond donors (Lipinski definition) is 2. The molecule has 2 amide bonds. The number of ether oxygens (including phenoxy) is 1. The van der Waals surface area contributed by atoms with E-state index >= 15 is 0 Å². The third kappa shape index (κ3) is 4.53. The minimum absolute atomic E-state index is 0.347. The van der Waals surface area contributed by atoms with Crippen molar-refractivity contribution in [3.63, 3.8) is 0 Å². The quantitative estimate of drug-likeness (QED) is 0.795. The number of nitrogens with two attached hydrogens (primary N) is 1. The second kappa shape index (κ2) is 8.03. The Morgan fingerprint density at radius 3 is 2.26 bits per heavy atom. The largest absolute Gasteiger partial charge is 0.449 e. The first-order valence-corrected chi connectivity index (χ1v) is 8.97. The lowest BCUT2D eigenvalue weighted by Crippen LogP contribution is -2.30. The summed E-state index contributed by atoms with van der Waals surface area (Å²) in [5, 5.41) is 2.65. The van der Waals surface area contributed by atoms with Crippen molar-refractivity contribution in [3.8, 4) is 0 Å². The van der Waals surface area contributed by atoms with E-state index in [9.17, 15) is 14.4 Å². The maximum Gasteiger partial charge on any atom is 0.338 e. The lowest BCUT2D eigenvalue weighted by atomic mass is 9.90. The Morgan fingerprint density at radius 1 is 0.963 bits per heavy atom. The molecule has 0 radical (unpaired) electrons. The van der Waals surface area contributed by atoms with Gasteiger partial charge in [-0.2, -0.15) is 0 Å². The predicted molar refractivity (Wildman–Crippen MR) is 102 cm³/mol. The van der Waals surface area contributed by atoms with E-state index in [1.54, 1.807) is 18.2 Å². The van der Waals surface area contributed by atoms with Crippen molar-refractivity contribution in [2.75, 3.05) is 5.32 Å². The number of carbonyl (C=O) groups excluding carboxylic acids is 3. The van der Waals surface area contributed by atoms with Crippen LogP contribution < -0.4 is 11.1 Å². The van der Waals surface area contributed by atoms with Crippen LogP contribution in [-0.4, -0.2) is 23.9 Å². The van der Waals surface area contributed by atoms with Crippen molar-refractivity contribution in [3.05, 3.63) is 64.7 Å². The first kappa shape index (κ1) is 18.6. The number of rotatable bonds is 5. The fraction of sp³-hybridized carbons (Fsp3) is 0.286. The number of primary amides is 1. The number of amides is 2. The van der Waals surface area contributed by atoms with Crippen LogP contribution in [0.3, 0.4) is 0 Å². The van der Waals surface area contributed by atoms with Gasteiger partial charge in [0.05, 0.1) is 5.56 Å². The summed E-state index contributed by atoms with van der Waals surface area (Å²) in [5.74, 6) is -1.51. The fourth-order valence-electron chi connectivity index (χ4n) is 3.10. The lowest BCUT2D eigenvalue weighted by Gasteiger charge is -2.17. The molecule has 140 valence electrons. The molecule has 0 aliphatic heterocycles. The summed E-state index contributed by atoms with van der Waals surface area (Å²) in [7, 11) is 0. The van der Waals surface area contributed by atoms with Crippen molar-refractivity contribution < 1.29 is 19.1 Å². The number of nitrogens with one attached hydrogen (secondary N) is 1. The van der Waals surface area contributed by atoms with E-state index in [4.69, 9.17) is 10.5 Å². The Morgan fingerprint density at radius 2 is 1.59 bits per heavy atom. The Balaban J connectivity index is 1.60. The molecular formula is C21H22N2O4. The molecule has 0 saturated heterocycles. The molecule has 3 N–H and O–H groups in total. The molecule has 6 nitrogen and oxygen atoms in total. The normalized spacial score (nSPS) is 14.0. The van der Waals surface area contributed by atoms with Gasteiger partial charge in [0, 0.05) is 11.3 Å². The summed E-state index contributed by atoms with van der Waals surface area (Å²) >= 11 is 0. The van der Waals surface area contributed by atoms with Gasteiger partial charge in [0.1, 0.15) is 0 Å². The highest BCUT2D eigenvalue weighted by Crippen LogP contribution is 2.22. The minimum Gasteiger partial charge on any atom is -0.449 e. The first-order valence-electron chi connectivity index (χ1n) is 8.97. The smallest absolute Gasteiger partial charge is 0.338 e. The second-order valence-electron chi connectivity index (χ2n) is 6.67. The van der Waals surface area contributed by atoms with Crippen molar-refractivity contribution >= 4 is 23.5 Å². The molecule has 3 rings (SSSR count). The van der Waals surface area contributed by atoms with Gasteiger partial charge in [0.15, 0.2) is 6.10 Å². The van der Waals surface area contributed by atoms with E-state index in [0.717, 1.165) is 19.3 Å². The summed E-state index contributed by atoms with van der Waals surface area (Å²) in [6, 6.07) is 11.7.